The van der Waals surface area contributed by atoms with Crippen LogP contribution < -0.4 is 4.48 Å². The van der Waals surface area contributed by atoms with Crippen molar-refractivity contribution in [3.8, 4) is 0 Å². The Morgan fingerprint density at radius 1 is 1.33 bits per heavy atom. The van der Waals surface area contributed by atoms with Gasteiger partial charge in [-0.2, -0.15) is 0 Å². The Labute approximate surface area is 131 Å². The van der Waals surface area contributed by atoms with Crippen LogP contribution in [0, 0.1) is 0 Å². The summed E-state index contributed by atoms with van der Waals surface area (Å²) in [6.07, 6.45) is 9.77. The van der Waals surface area contributed by atoms with Crippen LogP contribution in [0.1, 0.15) is 13.8 Å². The highest BCUT2D eigenvalue weighted by Gasteiger charge is 2.28. The molecule has 0 atom stereocenters. The second-order valence-electron chi connectivity index (χ2n) is 6.47. The number of aromatic nitrogens is 2. The first kappa shape index (κ1) is 18.0. The van der Waals surface area contributed by atoms with Crippen LogP contribution in [0.4, 0.5) is 0 Å². The first-order valence-corrected chi connectivity index (χ1v) is 8.26. The van der Waals surface area contributed by atoms with Gasteiger partial charge in [-0.05, 0) is 13.6 Å². The molecule has 0 N–H and O–H groups in total. The van der Waals surface area contributed by atoms with Gasteiger partial charge in [-0.3, -0.25) is 0 Å². The molecule has 1 rings (SSSR count). The van der Waals surface area contributed by atoms with Gasteiger partial charge >= 0.3 is 0 Å². The third-order valence-corrected chi connectivity index (χ3v) is 5.04. The number of imidazole rings is 1. The first-order chi connectivity index (χ1) is 9.97. The highest BCUT2D eigenvalue weighted by Crippen LogP contribution is 2.22. The van der Waals surface area contributed by atoms with Crippen LogP contribution in [0.25, 0.3) is 0 Å². The van der Waals surface area contributed by atoms with Crippen LogP contribution in [0.3, 0.4) is 0 Å². The van der Waals surface area contributed by atoms with E-state index in [0.717, 1.165) is 19.6 Å². The summed E-state index contributed by atoms with van der Waals surface area (Å²) in [4.78, 5) is 2.42. The minimum atomic E-state index is -0.521. The molecule has 0 bridgehead atoms. The number of hydrogen-bond acceptors (Lipinski definition) is 1. The molecular formula is C15H32B2N4. The van der Waals surface area contributed by atoms with Gasteiger partial charge in [0.15, 0.2) is 12.8 Å². The van der Waals surface area contributed by atoms with Gasteiger partial charge in [-0.25, -0.2) is 11.4 Å². The lowest BCUT2D eigenvalue weighted by atomic mass is 9.29. The van der Waals surface area contributed by atoms with Crippen molar-refractivity contribution in [2.24, 2.45) is 0 Å². The van der Waals surface area contributed by atoms with Crippen LogP contribution in [-0.4, -0.2) is 68.1 Å². The van der Waals surface area contributed by atoms with E-state index in [1.54, 1.807) is 0 Å². The van der Waals surface area contributed by atoms with Crippen LogP contribution in [0.2, 0.25) is 25.8 Å². The zero-order valence-corrected chi connectivity index (χ0v) is 14.6. The second kappa shape index (κ2) is 8.42. The van der Waals surface area contributed by atoms with Gasteiger partial charge in [0.1, 0.15) is 20.1 Å². The Hall–Kier alpha value is -1.03. The standard InChI is InChI=1S/C15H32B2N4/c1-7-17(8-2,21-14-13-20(15-21)16-3)9-10-19(6)12-11-18(4)5/h13-15H,4,7-12H2,1-3,5-6H3. The van der Waals surface area contributed by atoms with Crippen LogP contribution in [-0.2, 0) is 0 Å². The lowest BCUT2D eigenvalue weighted by Gasteiger charge is -2.36. The van der Waals surface area contributed by atoms with Crippen molar-refractivity contribution in [1.82, 2.24) is 9.38 Å². The average Bonchev–Trinajstić information content (AvgIpc) is 2.96. The molecule has 1 aromatic rings. The highest BCUT2D eigenvalue weighted by molar-refractivity contribution is 6.78. The van der Waals surface area contributed by atoms with E-state index in [1.165, 1.54) is 19.0 Å². The minimum Gasteiger partial charge on any atom is -0.500 e. The Bertz CT molecular complexity index is 441. The normalized spacial score (nSPS) is 12.1. The molecule has 0 aromatic carbocycles. The SMILES string of the molecule is C=[N+](C)CCN(C)CC[B-](CC)(CC)n1cc[n+]([B-]C)c1. The van der Waals surface area contributed by atoms with Gasteiger partial charge in [-0.15, -0.1) is 19.0 Å². The molecule has 4 nitrogen and oxygen atoms in total. The fourth-order valence-corrected chi connectivity index (χ4v) is 3.04. The van der Waals surface area contributed by atoms with Crippen LogP contribution >= 0.6 is 0 Å². The van der Waals surface area contributed by atoms with E-state index >= 15 is 0 Å². The molecule has 1 heterocycles. The van der Waals surface area contributed by atoms with Crippen molar-refractivity contribution in [1.29, 1.82) is 0 Å². The third kappa shape index (κ3) is 5.03. The van der Waals surface area contributed by atoms with E-state index in [9.17, 15) is 0 Å². The smallest absolute Gasteiger partial charge is 0.191 e. The number of nitrogens with zero attached hydrogens (tertiary/aromatic N) is 4. The molecule has 0 saturated carbocycles. The lowest BCUT2D eigenvalue weighted by molar-refractivity contribution is -0.527. The van der Waals surface area contributed by atoms with Gasteiger partial charge < -0.3 is 13.9 Å². The number of hydrogen-bond donors (Lipinski definition) is 0. The summed E-state index contributed by atoms with van der Waals surface area (Å²) >= 11 is 0. The Morgan fingerprint density at radius 3 is 2.48 bits per heavy atom. The van der Waals surface area contributed by atoms with Gasteiger partial charge in [0.2, 0.25) is 0 Å². The van der Waals surface area contributed by atoms with Crippen molar-refractivity contribution >= 4 is 20.4 Å². The largest absolute Gasteiger partial charge is 0.500 e. The molecule has 0 aliphatic carbocycles. The third-order valence-electron chi connectivity index (χ3n) is 5.04. The van der Waals surface area contributed by atoms with E-state index in [-0.39, 0.29) is 0 Å². The summed E-state index contributed by atoms with van der Waals surface area (Å²) in [6.45, 7) is 13.9. The predicted octanol–water partition coefficient (Wildman–Crippen LogP) is 1.40. The number of likely N-dealkylation sites (N-methyl/N-ethyl adjacent to an activating group) is 2. The Morgan fingerprint density at radius 2 is 2.00 bits per heavy atom. The van der Waals surface area contributed by atoms with E-state index in [2.05, 4.69) is 74.4 Å². The van der Waals surface area contributed by atoms with Gasteiger partial charge in [-0.1, -0.05) is 21.3 Å². The summed E-state index contributed by atoms with van der Waals surface area (Å²) in [5, 5.41) is 0. The van der Waals surface area contributed by atoms with E-state index in [1.807, 2.05) is 11.6 Å². The number of rotatable bonds is 10. The monoisotopic (exact) mass is 290 g/mol. The average molecular weight is 290 g/mol. The second-order valence-corrected chi connectivity index (χ2v) is 6.47. The molecule has 0 aliphatic heterocycles. The summed E-state index contributed by atoms with van der Waals surface area (Å²) < 4.78 is 6.60. The Kier molecular flexibility index (Phi) is 7.23. The fraction of sp³-hybridized carbons (Fsp3) is 0.733. The van der Waals surface area contributed by atoms with E-state index in [4.69, 9.17) is 0 Å². The van der Waals surface area contributed by atoms with Crippen molar-refractivity contribution < 1.29 is 9.05 Å². The summed E-state index contributed by atoms with van der Waals surface area (Å²) in [7, 11) is 6.34. The quantitative estimate of drug-likeness (QED) is 0.361. The molecule has 2 radical (unpaired) electrons. The van der Waals surface area contributed by atoms with Crippen LogP contribution in [0.5, 0.6) is 0 Å². The topological polar surface area (TPSA) is 15.1 Å². The zero-order chi connectivity index (χ0) is 15.9. The van der Waals surface area contributed by atoms with E-state index in [0.29, 0.717) is 0 Å². The predicted molar refractivity (Wildman–Crippen MR) is 94.2 cm³/mol. The first-order valence-electron chi connectivity index (χ1n) is 8.26. The van der Waals surface area contributed by atoms with Crippen molar-refractivity contribution in [2.75, 3.05) is 33.7 Å². The van der Waals surface area contributed by atoms with Crippen molar-refractivity contribution in [2.45, 2.75) is 39.6 Å². The molecule has 6 heteroatoms. The summed E-state index contributed by atoms with van der Waals surface area (Å²) in [6, 6.07) is 0. The minimum absolute atomic E-state index is 0.521. The highest BCUT2D eigenvalue weighted by atomic mass is 15.1. The maximum atomic E-state index is 3.91. The molecule has 0 amide bonds. The maximum absolute atomic E-state index is 3.91. The molecule has 118 valence electrons. The molecule has 0 spiro atoms. The molecule has 1 aromatic heterocycles. The van der Waals surface area contributed by atoms with Gasteiger partial charge in [0.05, 0.1) is 18.9 Å². The van der Waals surface area contributed by atoms with E-state index < -0.39 is 6.28 Å². The fourth-order valence-electron chi connectivity index (χ4n) is 3.04. The summed E-state index contributed by atoms with van der Waals surface area (Å²) in [5.74, 6) is 0. The van der Waals surface area contributed by atoms with Gasteiger partial charge in [0, 0.05) is 0 Å². The van der Waals surface area contributed by atoms with Crippen molar-refractivity contribution in [3.63, 3.8) is 0 Å². The summed E-state index contributed by atoms with van der Waals surface area (Å²) in [5.41, 5.74) is 0. The van der Waals surface area contributed by atoms with Crippen LogP contribution in [0.15, 0.2) is 18.7 Å². The molecule has 0 aliphatic rings. The lowest BCUT2D eigenvalue weighted by Crippen LogP contribution is -2.46. The maximum Gasteiger partial charge on any atom is 0.191 e. The zero-order valence-electron chi connectivity index (χ0n) is 14.6. The van der Waals surface area contributed by atoms with Gasteiger partial charge in [0.25, 0.3) is 0 Å². The molecular weight excluding hydrogens is 258 g/mol. The molecule has 0 saturated heterocycles. The molecule has 0 unspecified atom stereocenters. The molecule has 21 heavy (non-hydrogen) atoms. The van der Waals surface area contributed by atoms with Crippen molar-refractivity contribution in [3.05, 3.63) is 18.7 Å². The molecule has 0 fully saturated rings. The Balaban J connectivity index is 2.69.